The Morgan fingerprint density at radius 1 is 1.42 bits per heavy atom. The normalized spacial score (nSPS) is 20.5. The van der Waals surface area contributed by atoms with E-state index < -0.39 is 28.4 Å². The predicted molar refractivity (Wildman–Crippen MR) is 86.8 cm³/mol. The topological polar surface area (TPSA) is 106 Å². The number of carbonyl (C=O) groups is 1. The standard InChI is InChI=1S/C15H19F3N4O4/c1-9-13(20-6-7-26-9)14(23)21-5-4-19-11-3-2-10(15(16,17)18)8-12(11)22(24)25/h2-3,8-9,13,19-20H,4-7H2,1H3,(H,21,23)/t9-,13+/m1/s1. The minimum Gasteiger partial charge on any atom is -0.378 e. The van der Waals surface area contributed by atoms with E-state index in [0.717, 1.165) is 12.1 Å². The van der Waals surface area contributed by atoms with Gasteiger partial charge >= 0.3 is 6.18 Å². The molecular weight excluding hydrogens is 357 g/mol. The highest BCUT2D eigenvalue weighted by molar-refractivity contribution is 5.82. The van der Waals surface area contributed by atoms with Crippen LogP contribution in [0.25, 0.3) is 0 Å². The van der Waals surface area contributed by atoms with E-state index in [1.54, 1.807) is 6.92 Å². The summed E-state index contributed by atoms with van der Waals surface area (Å²) in [7, 11) is 0. The zero-order valence-electron chi connectivity index (χ0n) is 13.9. The average molecular weight is 376 g/mol. The molecule has 1 fully saturated rings. The van der Waals surface area contributed by atoms with Gasteiger partial charge in [-0.1, -0.05) is 0 Å². The highest BCUT2D eigenvalue weighted by Crippen LogP contribution is 2.34. The number of alkyl halides is 3. The van der Waals surface area contributed by atoms with Crippen LogP contribution in [-0.2, 0) is 15.7 Å². The minimum absolute atomic E-state index is 0.0512. The van der Waals surface area contributed by atoms with Crippen LogP contribution >= 0.6 is 0 Å². The van der Waals surface area contributed by atoms with Gasteiger partial charge in [-0.2, -0.15) is 13.2 Å². The van der Waals surface area contributed by atoms with Gasteiger partial charge in [0, 0.05) is 25.7 Å². The van der Waals surface area contributed by atoms with E-state index >= 15 is 0 Å². The average Bonchev–Trinajstić information content (AvgIpc) is 2.58. The number of hydrogen-bond acceptors (Lipinski definition) is 6. The van der Waals surface area contributed by atoms with E-state index in [0.29, 0.717) is 19.2 Å². The van der Waals surface area contributed by atoms with Crippen molar-refractivity contribution in [1.82, 2.24) is 10.6 Å². The summed E-state index contributed by atoms with van der Waals surface area (Å²) in [6, 6.07) is 1.75. The Balaban J connectivity index is 1.91. The Labute approximate surface area is 147 Å². The number of nitrogens with zero attached hydrogens (tertiary/aromatic N) is 1. The van der Waals surface area contributed by atoms with Gasteiger partial charge in [0.05, 0.1) is 23.2 Å². The smallest absolute Gasteiger partial charge is 0.378 e. The molecule has 0 aliphatic carbocycles. The summed E-state index contributed by atoms with van der Waals surface area (Å²) in [5.74, 6) is -0.277. The number of rotatable bonds is 6. The van der Waals surface area contributed by atoms with Gasteiger partial charge in [-0.05, 0) is 19.1 Å². The SMILES string of the molecule is C[C@H]1OCCN[C@@H]1C(=O)NCCNc1ccc(C(F)(F)F)cc1[N+](=O)[O-]. The lowest BCUT2D eigenvalue weighted by Gasteiger charge is -2.29. The van der Waals surface area contributed by atoms with Crippen LogP contribution in [0.4, 0.5) is 24.5 Å². The predicted octanol–water partition coefficient (Wildman–Crippen LogP) is 1.52. The number of halogens is 3. The molecule has 3 N–H and O–H groups in total. The fraction of sp³-hybridized carbons (Fsp3) is 0.533. The lowest BCUT2D eigenvalue weighted by molar-refractivity contribution is -0.384. The van der Waals surface area contributed by atoms with Crippen molar-refractivity contribution in [3.63, 3.8) is 0 Å². The van der Waals surface area contributed by atoms with E-state index in [2.05, 4.69) is 16.0 Å². The summed E-state index contributed by atoms with van der Waals surface area (Å²) in [6.07, 6.45) is -4.95. The molecule has 0 radical (unpaired) electrons. The Morgan fingerprint density at radius 2 is 2.15 bits per heavy atom. The number of morpholine rings is 1. The molecule has 2 rings (SSSR count). The number of nitrogens with one attached hydrogen (secondary N) is 3. The van der Waals surface area contributed by atoms with Gasteiger partial charge in [0.25, 0.3) is 5.69 Å². The molecule has 0 spiro atoms. The van der Waals surface area contributed by atoms with Gasteiger partial charge in [-0.25, -0.2) is 0 Å². The van der Waals surface area contributed by atoms with Gasteiger partial charge in [0.2, 0.25) is 5.91 Å². The van der Waals surface area contributed by atoms with Crippen molar-refractivity contribution in [3.8, 4) is 0 Å². The van der Waals surface area contributed by atoms with Crippen molar-refractivity contribution < 1.29 is 27.6 Å². The molecule has 8 nitrogen and oxygen atoms in total. The van der Waals surface area contributed by atoms with Crippen molar-refractivity contribution >= 4 is 17.3 Å². The maximum Gasteiger partial charge on any atom is 0.416 e. The molecule has 144 valence electrons. The number of amides is 1. The number of benzene rings is 1. The van der Waals surface area contributed by atoms with Crippen LogP contribution in [-0.4, -0.2) is 49.2 Å². The molecule has 1 aliphatic rings. The third-order valence-electron chi connectivity index (χ3n) is 3.86. The van der Waals surface area contributed by atoms with Crippen LogP contribution in [0.5, 0.6) is 0 Å². The first-order chi connectivity index (χ1) is 12.2. The Morgan fingerprint density at radius 3 is 2.77 bits per heavy atom. The maximum atomic E-state index is 12.7. The second kappa shape index (κ2) is 8.32. The molecule has 0 bridgehead atoms. The van der Waals surface area contributed by atoms with E-state index in [1.807, 2.05) is 0 Å². The first-order valence-corrected chi connectivity index (χ1v) is 7.92. The highest BCUT2D eigenvalue weighted by atomic mass is 19.4. The molecule has 1 aromatic rings. The molecule has 1 aliphatic heterocycles. The number of hydrogen-bond donors (Lipinski definition) is 3. The van der Waals surface area contributed by atoms with Gasteiger partial charge < -0.3 is 20.7 Å². The molecule has 1 heterocycles. The molecule has 2 atom stereocenters. The van der Waals surface area contributed by atoms with E-state index in [9.17, 15) is 28.1 Å². The quantitative estimate of drug-likeness (QED) is 0.395. The summed E-state index contributed by atoms with van der Waals surface area (Å²) in [4.78, 5) is 22.1. The Bertz CT molecular complexity index is 669. The van der Waals surface area contributed by atoms with Gasteiger partial charge in [-0.3, -0.25) is 14.9 Å². The zero-order chi connectivity index (χ0) is 19.3. The Kier molecular flexibility index (Phi) is 6.37. The summed E-state index contributed by atoms with van der Waals surface area (Å²) in [6.45, 7) is 3.09. The second-order valence-corrected chi connectivity index (χ2v) is 5.71. The van der Waals surface area contributed by atoms with Crippen LogP contribution in [0.2, 0.25) is 0 Å². The second-order valence-electron chi connectivity index (χ2n) is 5.71. The summed E-state index contributed by atoms with van der Waals surface area (Å²) >= 11 is 0. The fourth-order valence-electron chi connectivity index (χ4n) is 2.53. The van der Waals surface area contributed by atoms with Crippen LogP contribution < -0.4 is 16.0 Å². The number of ether oxygens (including phenoxy) is 1. The summed E-state index contributed by atoms with van der Waals surface area (Å²) < 4.78 is 43.3. The molecule has 0 saturated carbocycles. The van der Waals surface area contributed by atoms with Crippen molar-refractivity contribution in [2.75, 3.05) is 31.6 Å². The molecule has 0 unspecified atom stereocenters. The Hall–Kier alpha value is -2.40. The minimum atomic E-state index is -4.66. The molecule has 11 heteroatoms. The molecule has 0 aromatic heterocycles. The monoisotopic (exact) mass is 376 g/mol. The largest absolute Gasteiger partial charge is 0.416 e. The molecule has 1 amide bonds. The van der Waals surface area contributed by atoms with Crippen LogP contribution in [0.3, 0.4) is 0 Å². The number of nitro groups is 1. The van der Waals surface area contributed by atoms with E-state index in [4.69, 9.17) is 4.74 Å². The number of nitro benzene ring substituents is 1. The lowest BCUT2D eigenvalue weighted by atomic mass is 10.1. The number of anilines is 1. The van der Waals surface area contributed by atoms with E-state index in [-0.39, 0.29) is 30.8 Å². The number of carbonyl (C=O) groups excluding carboxylic acids is 1. The first-order valence-electron chi connectivity index (χ1n) is 7.92. The first kappa shape index (κ1) is 19.9. The lowest BCUT2D eigenvalue weighted by Crippen LogP contribution is -2.55. The van der Waals surface area contributed by atoms with Crippen molar-refractivity contribution in [2.24, 2.45) is 0 Å². The fourth-order valence-corrected chi connectivity index (χ4v) is 2.53. The highest BCUT2D eigenvalue weighted by Gasteiger charge is 2.33. The van der Waals surface area contributed by atoms with Gasteiger partial charge in [0.15, 0.2) is 0 Å². The van der Waals surface area contributed by atoms with E-state index in [1.165, 1.54) is 0 Å². The molecule has 26 heavy (non-hydrogen) atoms. The van der Waals surface area contributed by atoms with Gasteiger partial charge in [-0.15, -0.1) is 0 Å². The van der Waals surface area contributed by atoms with Crippen LogP contribution in [0.15, 0.2) is 18.2 Å². The van der Waals surface area contributed by atoms with Crippen molar-refractivity contribution in [1.29, 1.82) is 0 Å². The third kappa shape index (κ3) is 5.05. The molecule has 1 aromatic carbocycles. The van der Waals surface area contributed by atoms with Crippen molar-refractivity contribution in [2.45, 2.75) is 25.2 Å². The van der Waals surface area contributed by atoms with Crippen molar-refractivity contribution in [3.05, 3.63) is 33.9 Å². The molecular formula is C15H19F3N4O4. The third-order valence-corrected chi connectivity index (χ3v) is 3.86. The summed E-state index contributed by atoms with van der Waals surface area (Å²) in [5, 5.41) is 19.3. The van der Waals surface area contributed by atoms with Crippen LogP contribution in [0.1, 0.15) is 12.5 Å². The molecule has 1 saturated heterocycles. The zero-order valence-corrected chi connectivity index (χ0v) is 13.9. The van der Waals surface area contributed by atoms with Crippen LogP contribution in [0, 0.1) is 10.1 Å². The summed E-state index contributed by atoms with van der Waals surface area (Å²) in [5.41, 5.74) is -1.83. The maximum absolute atomic E-state index is 12.7. The van der Waals surface area contributed by atoms with Gasteiger partial charge in [0.1, 0.15) is 11.7 Å².